The van der Waals surface area contributed by atoms with Crippen LogP contribution in [-0.4, -0.2) is 32.9 Å². The summed E-state index contributed by atoms with van der Waals surface area (Å²) in [4.78, 5) is 13.0. The van der Waals surface area contributed by atoms with Crippen molar-refractivity contribution in [1.82, 2.24) is 15.1 Å². The Labute approximate surface area is 158 Å². The molecule has 1 aliphatic carbocycles. The summed E-state index contributed by atoms with van der Waals surface area (Å²) in [7, 11) is 0. The van der Waals surface area contributed by atoms with Gasteiger partial charge in [-0.1, -0.05) is 48.5 Å². The zero-order valence-corrected chi connectivity index (χ0v) is 15.1. The first-order valence-corrected chi connectivity index (χ1v) is 9.40. The van der Waals surface area contributed by atoms with Gasteiger partial charge in [-0.3, -0.25) is 4.79 Å². The SMILES string of the molecule is O=C(NC1CCC(O)CC1)c1cn(-c2ccccc2)nc1-c1ccccc1. The molecule has 3 aromatic rings. The number of aliphatic hydroxyl groups excluding tert-OH is 1. The predicted octanol–water partition coefficient (Wildman–Crippen LogP) is 3.57. The van der Waals surface area contributed by atoms with E-state index < -0.39 is 0 Å². The molecule has 0 bridgehead atoms. The summed E-state index contributed by atoms with van der Waals surface area (Å²) < 4.78 is 1.75. The Morgan fingerprint density at radius 2 is 1.59 bits per heavy atom. The van der Waals surface area contributed by atoms with E-state index >= 15 is 0 Å². The average Bonchev–Trinajstić information content (AvgIpc) is 3.17. The Kier molecular flexibility index (Phi) is 5.03. The Morgan fingerprint density at radius 3 is 2.26 bits per heavy atom. The van der Waals surface area contributed by atoms with Crippen LogP contribution < -0.4 is 5.32 Å². The number of aromatic nitrogens is 2. The maximum Gasteiger partial charge on any atom is 0.255 e. The van der Waals surface area contributed by atoms with E-state index in [4.69, 9.17) is 5.10 Å². The molecule has 1 heterocycles. The molecular formula is C22H23N3O2. The number of benzene rings is 2. The first-order chi connectivity index (χ1) is 13.2. The zero-order valence-electron chi connectivity index (χ0n) is 15.1. The standard InChI is InChI=1S/C22H23N3O2/c26-19-13-11-17(12-14-19)23-22(27)20-15-25(18-9-5-2-6-10-18)24-21(20)16-7-3-1-4-8-16/h1-10,15,17,19,26H,11-14H2,(H,23,27). The third-order valence-electron chi connectivity index (χ3n) is 5.06. The Balaban J connectivity index is 1.65. The summed E-state index contributed by atoms with van der Waals surface area (Å²) in [6.07, 6.45) is 4.64. The van der Waals surface area contributed by atoms with E-state index in [0.29, 0.717) is 11.3 Å². The van der Waals surface area contributed by atoms with Crippen molar-refractivity contribution in [3.63, 3.8) is 0 Å². The molecule has 27 heavy (non-hydrogen) atoms. The van der Waals surface area contributed by atoms with Crippen LogP contribution in [0.25, 0.3) is 16.9 Å². The van der Waals surface area contributed by atoms with Gasteiger partial charge in [-0.25, -0.2) is 4.68 Å². The fourth-order valence-electron chi connectivity index (χ4n) is 3.55. The molecule has 0 aliphatic heterocycles. The van der Waals surface area contributed by atoms with Crippen molar-refractivity contribution in [2.75, 3.05) is 0 Å². The van der Waals surface area contributed by atoms with Crippen LogP contribution in [0.5, 0.6) is 0 Å². The first kappa shape index (κ1) is 17.5. The Hall–Kier alpha value is -2.92. The van der Waals surface area contributed by atoms with E-state index in [1.54, 1.807) is 10.9 Å². The Bertz CT molecular complexity index is 898. The molecule has 1 aromatic heterocycles. The van der Waals surface area contributed by atoms with Crippen molar-refractivity contribution in [3.05, 3.63) is 72.4 Å². The van der Waals surface area contributed by atoms with E-state index in [1.165, 1.54) is 0 Å². The number of hydrogen-bond acceptors (Lipinski definition) is 3. The Morgan fingerprint density at radius 1 is 0.963 bits per heavy atom. The third-order valence-corrected chi connectivity index (χ3v) is 5.06. The number of aliphatic hydroxyl groups is 1. The highest BCUT2D eigenvalue weighted by Gasteiger charge is 2.24. The van der Waals surface area contributed by atoms with E-state index in [-0.39, 0.29) is 18.1 Å². The predicted molar refractivity (Wildman–Crippen MR) is 105 cm³/mol. The molecule has 0 saturated heterocycles. The lowest BCUT2D eigenvalue weighted by Crippen LogP contribution is -2.38. The molecule has 1 fully saturated rings. The second-order valence-corrected chi connectivity index (χ2v) is 7.02. The first-order valence-electron chi connectivity index (χ1n) is 9.40. The van der Waals surface area contributed by atoms with Gasteiger partial charge in [0.1, 0.15) is 5.69 Å². The van der Waals surface area contributed by atoms with Crippen molar-refractivity contribution in [2.45, 2.75) is 37.8 Å². The molecule has 5 heteroatoms. The van der Waals surface area contributed by atoms with Gasteiger partial charge in [-0.15, -0.1) is 0 Å². The lowest BCUT2D eigenvalue weighted by atomic mass is 9.93. The summed E-state index contributed by atoms with van der Waals surface area (Å²) in [5, 5.41) is 17.5. The monoisotopic (exact) mass is 361 g/mol. The average molecular weight is 361 g/mol. The van der Waals surface area contributed by atoms with Crippen LogP contribution in [0.15, 0.2) is 66.9 Å². The third kappa shape index (κ3) is 3.93. The van der Waals surface area contributed by atoms with Crippen molar-refractivity contribution in [2.24, 2.45) is 0 Å². The highest BCUT2D eigenvalue weighted by atomic mass is 16.3. The highest BCUT2D eigenvalue weighted by Crippen LogP contribution is 2.25. The van der Waals surface area contributed by atoms with Gasteiger partial charge < -0.3 is 10.4 Å². The minimum absolute atomic E-state index is 0.101. The molecule has 0 atom stereocenters. The van der Waals surface area contributed by atoms with Crippen molar-refractivity contribution < 1.29 is 9.90 Å². The van der Waals surface area contributed by atoms with Gasteiger partial charge in [-0.2, -0.15) is 5.10 Å². The van der Waals surface area contributed by atoms with Crippen LogP contribution in [-0.2, 0) is 0 Å². The minimum atomic E-state index is -0.237. The van der Waals surface area contributed by atoms with Gasteiger partial charge in [0.25, 0.3) is 5.91 Å². The second-order valence-electron chi connectivity index (χ2n) is 7.02. The highest BCUT2D eigenvalue weighted by molar-refractivity contribution is 6.00. The minimum Gasteiger partial charge on any atom is -0.393 e. The number of carbonyl (C=O) groups excluding carboxylic acids is 1. The van der Waals surface area contributed by atoms with Crippen LogP contribution in [0.4, 0.5) is 0 Å². The molecule has 5 nitrogen and oxygen atoms in total. The van der Waals surface area contributed by atoms with Gasteiger partial charge in [0, 0.05) is 17.8 Å². The van der Waals surface area contributed by atoms with Gasteiger partial charge in [-0.05, 0) is 37.8 Å². The number of nitrogens with zero attached hydrogens (tertiary/aromatic N) is 2. The van der Waals surface area contributed by atoms with E-state index in [2.05, 4.69) is 5.32 Å². The van der Waals surface area contributed by atoms with Crippen LogP contribution >= 0.6 is 0 Å². The van der Waals surface area contributed by atoms with Gasteiger partial charge in [0.2, 0.25) is 0 Å². The molecule has 1 saturated carbocycles. The topological polar surface area (TPSA) is 67.2 Å². The summed E-state index contributed by atoms with van der Waals surface area (Å²) in [6, 6.07) is 19.7. The van der Waals surface area contributed by atoms with Crippen LogP contribution in [0, 0.1) is 0 Å². The molecule has 2 aromatic carbocycles. The van der Waals surface area contributed by atoms with Crippen LogP contribution in [0.2, 0.25) is 0 Å². The molecular weight excluding hydrogens is 338 g/mol. The lowest BCUT2D eigenvalue weighted by molar-refractivity contribution is 0.0868. The normalized spacial score (nSPS) is 19.6. The molecule has 1 aliphatic rings. The van der Waals surface area contributed by atoms with Crippen molar-refractivity contribution in [1.29, 1.82) is 0 Å². The summed E-state index contributed by atoms with van der Waals surface area (Å²) in [6.45, 7) is 0. The molecule has 138 valence electrons. The second kappa shape index (κ2) is 7.76. The number of hydrogen-bond donors (Lipinski definition) is 2. The van der Waals surface area contributed by atoms with Crippen LogP contribution in [0.1, 0.15) is 36.0 Å². The van der Waals surface area contributed by atoms with Crippen LogP contribution in [0.3, 0.4) is 0 Å². The van der Waals surface area contributed by atoms with Gasteiger partial charge in [0.05, 0.1) is 17.4 Å². The maximum atomic E-state index is 13.0. The number of amides is 1. The van der Waals surface area contributed by atoms with Gasteiger partial charge >= 0.3 is 0 Å². The van der Waals surface area contributed by atoms with E-state index in [9.17, 15) is 9.90 Å². The smallest absolute Gasteiger partial charge is 0.255 e. The molecule has 0 radical (unpaired) electrons. The lowest BCUT2D eigenvalue weighted by Gasteiger charge is -2.26. The number of carbonyl (C=O) groups is 1. The maximum absolute atomic E-state index is 13.0. The van der Waals surface area contributed by atoms with Crippen molar-refractivity contribution in [3.8, 4) is 16.9 Å². The molecule has 4 rings (SSSR count). The fraction of sp³-hybridized carbons (Fsp3) is 0.273. The number of rotatable bonds is 4. The molecule has 0 spiro atoms. The molecule has 2 N–H and O–H groups in total. The summed E-state index contributed by atoms with van der Waals surface area (Å²) in [5.41, 5.74) is 3.06. The quantitative estimate of drug-likeness (QED) is 0.746. The van der Waals surface area contributed by atoms with Gasteiger partial charge in [0.15, 0.2) is 0 Å². The van der Waals surface area contributed by atoms with E-state index in [0.717, 1.165) is 36.9 Å². The summed E-state index contributed by atoms with van der Waals surface area (Å²) >= 11 is 0. The summed E-state index contributed by atoms with van der Waals surface area (Å²) in [5.74, 6) is -0.113. The number of para-hydroxylation sites is 1. The number of nitrogens with one attached hydrogen (secondary N) is 1. The molecule has 1 amide bonds. The van der Waals surface area contributed by atoms with E-state index in [1.807, 2.05) is 60.7 Å². The fourth-order valence-corrected chi connectivity index (χ4v) is 3.55. The zero-order chi connectivity index (χ0) is 18.6. The largest absolute Gasteiger partial charge is 0.393 e. The van der Waals surface area contributed by atoms with Crippen molar-refractivity contribution >= 4 is 5.91 Å². The molecule has 0 unspecified atom stereocenters.